The van der Waals surface area contributed by atoms with E-state index in [9.17, 15) is 0 Å². The summed E-state index contributed by atoms with van der Waals surface area (Å²) in [4.78, 5) is 0. The van der Waals surface area contributed by atoms with Crippen LogP contribution in [0.4, 0.5) is 0 Å². The van der Waals surface area contributed by atoms with Crippen molar-refractivity contribution in [2.24, 2.45) is 0 Å². The molecule has 0 nitrogen and oxygen atoms in total. The molecular formula is BCaKMgNa. The molecule has 5 heteroatoms. The van der Waals surface area contributed by atoms with Crippen LogP contribution in [-0.2, 0) is 0 Å². The maximum absolute atomic E-state index is 0. The Morgan fingerprint density at radius 2 is 1.00 bits per heavy atom. The summed E-state index contributed by atoms with van der Waals surface area (Å²) in [5, 5.41) is 0. The monoisotopic (exact) mass is 137 g/mol. The molecule has 9 valence electrons. The molecule has 0 aliphatic carbocycles. The molecule has 0 unspecified atom stereocenters. The molecule has 0 bridgehead atoms. The first-order valence-electron chi connectivity index (χ1n) is 0. The van der Waals surface area contributed by atoms with Crippen LogP contribution in [0.1, 0.15) is 0 Å². The van der Waals surface area contributed by atoms with Crippen molar-refractivity contribution in [3.63, 3.8) is 0 Å². The van der Waals surface area contributed by atoms with Gasteiger partial charge in [0.05, 0.1) is 0 Å². The summed E-state index contributed by atoms with van der Waals surface area (Å²) in [6, 6.07) is 0. The van der Waals surface area contributed by atoms with E-state index in [-0.39, 0.29) is 150 Å². The Morgan fingerprint density at radius 1 is 1.00 bits per heavy atom. The van der Waals surface area contributed by atoms with Crippen molar-refractivity contribution in [1.82, 2.24) is 0 Å². The van der Waals surface area contributed by atoms with Crippen LogP contribution in [0.15, 0.2) is 0 Å². The Balaban J connectivity index is 0. The zero-order chi connectivity index (χ0) is 0. The van der Waals surface area contributed by atoms with E-state index in [1.807, 2.05) is 0 Å². The Labute approximate surface area is 145 Å². The fraction of sp³-hybridized carbons (Fsp3) is 0. The summed E-state index contributed by atoms with van der Waals surface area (Å²) in [5.41, 5.74) is 0. The average molecular weight is 137 g/mol. The van der Waals surface area contributed by atoms with E-state index in [2.05, 4.69) is 0 Å². The molecule has 9 radical (unpaired) electrons. The third-order valence-corrected chi connectivity index (χ3v) is 0. The molecule has 0 aliphatic rings. The minimum atomic E-state index is 0. The molecule has 0 N–H and O–H groups in total. The number of hydrogen-bond donors (Lipinski definition) is 0. The fourth-order valence-corrected chi connectivity index (χ4v) is 0. The van der Waals surface area contributed by atoms with E-state index in [1.54, 1.807) is 0 Å². The third kappa shape index (κ3) is 17.7. The molecule has 0 fully saturated rings. The van der Waals surface area contributed by atoms with Crippen molar-refractivity contribution < 1.29 is 0 Å². The molecule has 0 saturated carbocycles. The van der Waals surface area contributed by atoms with Gasteiger partial charge in [-0.15, -0.1) is 0 Å². The van der Waals surface area contributed by atoms with Crippen molar-refractivity contribution in [3.05, 3.63) is 0 Å². The zero-order valence-electron chi connectivity index (χ0n) is 3.99. The summed E-state index contributed by atoms with van der Waals surface area (Å²) in [5.74, 6) is 0. The quantitative estimate of drug-likeness (QED) is 0.342. The van der Waals surface area contributed by atoms with Gasteiger partial charge in [0.25, 0.3) is 0 Å². The van der Waals surface area contributed by atoms with Crippen LogP contribution in [0.3, 0.4) is 0 Å². The van der Waals surface area contributed by atoms with Gasteiger partial charge >= 0.3 is 0 Å². The van der Waals surface area contributed by atoms with E-state index in [0.717, 1.165) is 0 Å². The standard InChI is InChI=1S/B.Ca.K.Mg.Na. The molecule has 0 amide bonds. The van der Waals surface area contributed by atoms with E-state index in [4.69, 9.17) is 0 Å². The zero-order valence-corrected chi connectivity index (χ0v) is 12.7. The third-order valence-electron chi connectivity index (χ3n) is 0. The van der Waals surface area contributed by atoms with E-state index >= 15 is 0 Å². The van der Waals surface area contributed by atoms with Gasteiger partial charge in [0.15, 0.2) is 0 Å². The van der Waals surface area contributed by atoms with Gasteiger partial charge in [-0.05, 0) is 0 Å². The first-order chi connectivity index (χ1) is 0. The molecule has 0 aromatic carbocycles. The second kappa shape index (κ2) is 23.3. The van der Waals surface area contributed by atoms with Crippen molar-refractivity contribution >= 4 is 150 Å². The van der Waals surface area contributed by atoms with Crippen LogP contribution >= 0.6 is 0 Å². The van der Waals surface area contributed by atoms with E-state index < -0.39 is 0 Å². The van der Waals surface area contributed by atoms with Gasteiger partial charge in [0.1, 0.15) is 0 Å². The van der Waals surface area contributed by atoms with Gasteiger partial charge in [-0.25, -0.2) is 0 Å². The summed E-state index contributed by atoms with van der Waals surface area (Å²) < 4.78 is 0. The molecule has 0 aromatic heterocycles. The van der Waals surface area contributed by atoms with E-state index in [0.29, 0.717) is 0 Å². The molecule has 0 saturated heterocycles. The summed E-state index contributed by atoms with van der Waals surface area (Å²) in [6.45, 7) is 0. The second-order valence-electron chi connectivity index (χ2n) is 0. The number of hydrogen-bond acceptors (Lipinski definition) is 0. The first-order valence-corrected chi connectivity index (χ1v) is 0. The molecule has 0 spiro atoms. The predicted molar refractivity (Wildman–Crippen MR) is 28.8 cm³/mol. The van der Waals surface area contributed by atoms with Crippen LogP contribution in [-0.4, -0.2) is 150 Å². The molecule has 0 aliphatic heterocycles. The van der Waals surface area contributed by atoms with Gasteiger partial charge in [0, 0.05) is 150 Å². The van der Waals surface area contributed by atoms with Gasteiger partial charge < -0.3 is 0 Å². The maximum Gasteiger partial charge on any atom is 0 e. The van der Waals surface area contributed by atoms with Gasteiger partial charge in [0.2, 0.25) is 0 Å². The van der Waals surface area contributed by atoms with E-state index in [1.165, 1.54) is 0 Å². The Kier molecular flexibility index (Phi) is 155. The SMILES string of the molecule is [B].[Ca].[K].[Mg].[Na]. The average Bonchev–Trinajstić information content (AvgIpc) is 0. The van der Waals surface area contributed by atoms with Crippen LogP contribution in [0, 0.1) is 0 Å². The predicted octanol–water partition coefficient (Wildman–Crippen LogP) is -1.90. The molecule has 0 heterocycles. The van der Waals surface area contributed by atoms with Gasteiger partial charge in [-0.3, -0.25) is 0 Å². The van der Waals surface area contributed by atoms with Crippen LogP contribution in [0.25, 0.3) is 0 Å². The van der Waals surface area contributed by atoms with Crippen molar-refractivity contribution in [1.29, 1.82) is 0 Å². The summed E-state index contributed by atoms with van der Waals surface area (Å²) >= 11 is 0. The number of rotatable bonds is 0. The van der Waals surface area contributed by atoms with Crippen LogP contribution in [0.2, 0.25) is 0 Å². The maximum atomic E-state index is 0. The molecule has 0 rings (SSSR count). The Bertz CT molecular complexity index is 11.6. The van der Waals surface area contributed by atoms with Crippen molar-refractivity contribution in [2.45, 2.75) is 0 Å². The van der Waals surface area contributed by atoms with Crippen molar-refractivity contribution in [3.8, 4) is 0 Å². The second-order valence-corrected chi connectivity index (χ2v) is 0. The van der Waals surface area contributed by atoms with Crippen molar-refractivity contribution in [2.75, 3.05) is 0 Å². The molecule has 5 heavy (non-hydrogen) atoms. The smallest absolute Gasteiger partial charge is 0 e. The molecule has 0 atom stereocenters. The molecule has 0 aromatic rings. The topological polar surface area (TPSA) is 0 Å². The van der Waals surface area contributed by atoms with Gasteiger partial charge in [-0.1, -0.05) is 0 Å². The normalized spacial score (nSPS) is 0. The minimum Gasteiger partial charge on any atom is 0 e. The Hall–Kier alpha value is 4.73. The molecular weight excluding hydrogens is 137 g/mol. The fourth-order valence-electron chi connectivity index (χ4n) is 0. The van der Waals surface area contributed by atoms with Crippen LogP contribution in [0.5, 0.6) is 0 Å². The largest absolute Gasteiger partial charge is 0 e. The Morgan fingerprint density at radius 3 is 1.00 bits per heavy atom. The first kappa shape index (κ1) is 33.2. The minimum absolute atomic E-state index is 0. The van der Waals surface area contributed by atoms with Gasteiger partial charge in [-0.2, -0.15) is 0 Å². The van der Waals surface area contributed by atoms with Crippen LogP contribution < -0.4 is 0 Å². The summed E-state index contributed by atoms with van der Waals surface area (Å²) in [6.07, 6.45) is 0. The summed E-state index contributed by atoms with van der Waals surface area (Å²) in [7, 11) is 0.